The molecule has 7 atom stereocenters. The second-order valence-electron chi connectivity index (χ2n) is 16.4. The predicted octanol–water partition coefficient (Wildman–Crippen LogP) is 7.29. The highest BCUT2D eigenvalue weighted by atomic mass is 16.5. The fraction of sp³-hybridized carbons (Fsp3) is 0.757. The predicted molar refractivity (Wildman–Crippen MR) is 171 cm³/mol. The van der Waals surface area contributed by atoms with Crippen LogP contribution in [0.25, 0.3) is 0 Å². The van der Waals surface area contributed by atoms with Gasteiger partial charge in [-0.15, -0.1) is 0 Å². The van der Waals surface area contributed by atoms with E-state index in [-0.39, 0.29) is 17.1 Å². The van der Waals surface area contributed by atoms with Crippen molar-refractivity contribution in [2.45, 2.75) is 133 Å². The SMILES string of the molecule is COc1ccc2c3c1O[C@H]1C[C@@H](O)C=C[C@@]31CCN(CCCCCCCCN(C(=O)O)C13CC4C[C@@](C)(C1)C[C@](C)(C4)C3)C2. The Labute approximate surface area is 264 Å². The Morgan fingerprint density at radius 1 is 1.05 bits per heavy atom. The van der Waals surface area contributed by atoms with Gasteiger partial charge in [-0.1, -0.05) is 57.7 Å². The van der Waals surface area contributed by atoms with Crippen LogP contribution in [0.2, 0.25) is 0 Å². The average molecular weight is 607 g/mol. The zero-order valence-electron chi connectivity index (χ0n) is 27.3. The third kappa shape index (κ3) is 5.24. The van der Waals surface area contributed by atoms with Crippen LogP contribution in [-0.2, 0) is 12.0 Å². The molecule has 44 heavy (non-hydrogen) atoms. The first-order valence-corrected chi connectivity index (χ1v) is 17.5. The van der Waals surface area contributed by atoms with E-state index >= 15 is 0 Å². The lowest BCUT2D eigenvalue weighted by Gasteiger charge is -2.67. The molecule has 4 fully saturated rings. The number of nitrogens with zero attached hydrogens (tertiary/aromatic N) is 2. The van der Waals surface area contributed by atoms with Gasteiger partial charge in [-0.2, -0.15) is 0 Å². The van der Waals surface area contributed by atoms with Gasteiger partial charge in [0.2, 0.25) is 0 Å². The Bertz CT molecular complexity index is 1280. The molecule has 1 spiro atoms. The van der Waals surface area contributed by atoms with Crippen LogP contribution in [-0.4, -0.2) is 70.6 Å². The first-order valence-electron chi connectivity index (χ1n) is 17.5. The van der Waals surface area contributed by atoms with Crippen molar-refractivity contribution in [3.63, 3.8) is 0 Å². The van der Waals surface area contributed by atoms with Crippen LogP contribution in [0, 0.1) is 16.7 Å². The minimum absolute atomic E-state index is 0.0429. The lowest BCUT2D eigenvalue weighted by atomic mass is 9.42. The summed E-state index contributed by atoms with van der Waals surface area (Å²) in [6, 6.07) is 4.25. The van der Waals surface area contributed by atoms with Crippen LogP contribution in [0.5, 0.6) is 11.5 Å². The van der Waals surface area contributed by atoms with E-state index in [0.29, 0.717) is 29.7 Å². The Balaban J connectivity index is 0.885. The summed E-state index contributed by atoms with van der Waals surface area (Å²) in [5, 5.41) is 20.6. The maximum atomic E-state index is 12.5. The third-order valence-corrected chi connectivity index (χ3v) is 12.5. The molecule has 1 aromatic rings. The Hall–Kier alpha value is -2.25. The van der Waals surface area contributed by atoms with E-state index in [1.807, 2.05) is 17.0 Å². The van der Waals surface area contributed by atoms with Crippen molar-refractivity contribution in [1.29, 1.82) is 0 Å². The van der Waals surface area contributed by atoms with Gasteiger partial charge in [-0.3, -0.25) is 4.90 Å². The first-order chi connectivity index (χ1) is 21.1. The van der Waals surface area contributed by atoms with Gasteiger partial charge in [0.1, 0.15) is 6.10 Å². The van der Waals surface area contributed by atoms with Crippen molar-refractivity contribution < 1.29 is 24.5 Å². The maximum Gasteiger partial charge on any atom is 0.407 e. The standard InChI is InChI=1S/C37H54N2O5/c1-34-19-26-20-35(2,23-34)25-36(21-26,24-34)39(33(41)42)16-9-7-5-4-6-8-15-38-17-14-37-13-12-28(40)18-30(37)44-32-29(43-3)11-10-27(22-38)31(32)37/h10-13,26,28,30,40H,4-9,14-25H2,1-3H3,(H,41,42)/t26?,28-,30-,34-,35+,36?,37-/m0/s1. The number of methoxy groups -OCH3 is 1. The molecule has 2 heterocycles. The molecule has 4 saturated carbocycles. The molecular formula is C37H54N2O5. The van der Waals surface area contributed by atoms with Crippen LogP contribution in [0.3, 0.4) is 0 Å². The number of ether oxygens (including phenoxy) is 2. The number of hydrogen-bond acceptors (Lipinski definition) is 5. The quantitative estimate of drug-likeness (QED) is 0.203. The largest absolute Gasteiger partial charge is 0.493 e. The van der Waals surface area contributed by atoms with Crippen molar-refractivity contribution >= 4 is 6.09 Å². The molecule has 1 amide bonds. The van der Waals surface area contributed by atoms with Gasteiger partial charge in [0.05, 0.1) is 18.6 Å². The summed E-state index contributed by atoms with van der Waals surface area (Å²) in [6.07, 6.45) is 18.6. The number of carbonyl (C=O) groups is 1. The summed E-state index contributed by atoms with van der Waals surface area (Å²) in [5.74, 6) is 2.38. The van der Waals surface area contributed by atoms with Crippen LogP contribution in [0.15, 0.2) is 24.3 Å². The minimum atomic E-state index is -0.692. The van der Waals surface area contributed by atoms with Gasteiger partial charge in [0.25, 0.3) is 0 Å². The summed E-state index contributed by atoms with van der Waals surface area (Å²) in [7, 11) is 1.70. The molecule has 0 saturated heterocycles. The van der Waals surface area contributed by atoms with Gasteiger partial charge in [0.15, 0.2) is 11.5 Å². The summed E-state index contributed by atoms with van der Waals surface area (Å²) < 4.78 is 12.1. The number of unbranched alkanes of at least 4 members (excludes halogenated alkanes) is 5. The van der Waals surface area contributed by atoms with Crippen molar-refractivity contribution in [3.05, 3.63) is 35.4 Å². The van der Waals surface area contributed by atoms with Gasteiger partial charge in [0, 0.05) is 30.6 Å². The highest BCUT2D eigenvalue weighted by Crippen LogP contribution is 2.67. The zero-order chi connectivity index (χ0) is 30.7. The first kappa shape index (κ1) is 30.4. The number of amides is 1. The fourth-order valence-electron chi connectivity index (χ4n) is 11.7. The van der Waals surface area contributed by atoms with Gasteiger partial charge in [-0.25, -0.2) is 4.79 Å². The van der Waals surface area contributed by atoms with E-state index in [4.69, 9.17) is 9.47 Å². The molecule has 2 aliphatic heterocycles. The van der Waals surface area contributed by atoms with Crippen molar-refractivity contribution in [1.82, 2.24) is 9.80 Å². The summed E-state index contributed by atoms with van der Waals surface area (Å²) >= 11 is 0. The van der Waals surface area contributed by atoms with Crippen LogP contribution >= 0.6 is 0 Å². The second kappa shape index (κ2) is 11.2. The number of carboxylic acid groups (broad SMARTS) is 1. The van der Waals surface area contributed by atoms with E-state index < -0.39 is 12.2 Å². The molecule has 4 bridgehead atoms. The Morgan fingerprint density at radius 3 is 2.48 bits per heavy atom. The number of benzene rings is 1. The highest BCUT2D eigenvalue weighted by molar-refractivity contribution is 5.66. The van der Waals surface area contributed by atoms with E-state index in [0.717, 1.165) is 69.7 Å². The summed E-state index contributed by atoms with van der Waals surface area (Å²) in [5.41, 5.74) is 2.96. The lowest BCUT2D eigenvalue weighted by Crippen LogP contribution is -2.66. The number of aliphatic hydroxyl groups excluding tert-OH is 1. The molecule has 0 radical (unpaired) electrons. The average Bonchev–Trinajstić information content (AvgIpc) is 3.18. The second-order valence-corrected chi connectivity index (χ2v) is 16.4. The Morgan fingerprint density at radius 2 is 1.77 bits per heavy atom. The van der Waals surface area contributed by atoms with E-state index in [2.05, 4.69) is 30.9 Å². The molecular weight excluding hydrogens is 552 g/mol. The van der Waals surface area contributed by atoms with Gasteiger partial charge in [-0.05, 0) is 99.3 Å². The normalized spacial score (nSPS) is 38.1. The van der Waals surface area contributed by atoms with Crippen molar-refractivity contribution in [3.8, 4) is 11.5 Å². The maximum absolute atomic E-state index is 12.5. The topological polar surface area (TPSA) is 82.5 Å². The van der Waals surface area contributed by atoms with E-state index in [1.54, 1.807) is 7.11 Å². The third-order valence-electron chi connectivity index (χ3n) is 12.5. The molecule has 0 aromatic heterocycles. The van der Waals surface area contributed by atoms with Crippen LogP contribution < -0.4 is 9.47 Å². The molecule has 2 unspecified atom stereocenters. The monoisotopic (exact) mass is 606 g/mol. The van der Waals surface area contributed by atoms with Crippen LogP contribution in [0.4, 0.5) is 4.79 Å². The summed E-state index contributed by atoms with van der Waals surface area (Å²) in [4.78, 5) is 17.0. The van der Waals surface area contributed by atoms with E-state index in [9.17, 15) is 15.0 Å². The lowest BCUT2D eigenvalue weighted by molar-refractivity contribution is -0.152. The molecule has 5 aliphatic carbocycles. The molecule has 7 nitrogen and oxygen atoms in total. The molecule has 2 N–H and O–H groups in total. The molecule has 242 valence electrons. The smallest absolute Gasteiger partial charge is 0.407 e. The molecule has 7 heteroatoms. The molecule has 7 aliphatic rings. The minimum Gasteiger partial charge on any atom is -0.493 e. The Kier molecular flexibility index (Phi) is 7.75. The zero-order valence-corrected chi connectivity index (χ0v) is 27.3. The number of aliphatic hydroxyl groups is 1. The number of hydrogen-bond donors (Lipinski definition) is 2. The highest BCUT2D eigenvalue weighted by Gasteiger charge is 2.62. The van der Waals surface area contributed by atoms with Gasteiger partial charge >= 0.3 is 6.09 Å². The molecule has 1 aromatic carbocycles. The van der Waals surface area contributed by atoms with Crippen molar-refractivity contribution in [2.24, 2.45) is 16.7 Å². The van der Waals surface area contributed by atoms with Gasteiger partial charge < -0.3 is 24.6 Å². The van der Waals surface area contributed by atoms with Crippen LogP contribution in [0.1, 0.15) is 115 Å². The molecule has 8 rings (SSSR count). The number of rotatable bonds is 11. The van der Waals surface area contributed by atoms with Crippen molar-refractivity contribution in [2.75, 3.05) is 26.7 Å². The fourth-order valence-corrected chi connectivity index (χ4v) is 11.7. The summed E-state index contributed by atoms with van der Waals surface area (Å²) in [6.45, 7) is 8.59. The van der Waals surface area contributed by atoms with E-state index in [1.165, 1.54) is 56.1 Å².